The highest BCUT2D eigenvalue weighted by Crippen LogP contribution is 2.27. The summed E-state index contributed by atoms with van der Waals surface area (Å²) in [5.41, 5.74) is 0. The van der Waals surface area contributed by atoms with Crippen molar-refractivity contribution in [1.29, 1.82) is 0 Å². The lowest BCUT2D eigenvalue weighted by Crippen LogP contribution is -2.27. The minimum atomic E-state index is -0.476. The van der Waals surface area contributed by atoms with Crippen molar-refractivity contribution in [1.82, 2.24) is 0 Å². The molecule has 3 nitrogen and oxygen atoms in total. The maximum atomic E-state index is 5.80. The monoisotopic (exact) mass is 216 g/mol. The smallest absolute Gasteiger partial charge is 0.271 e. The Morgan fingerprint density at radius 2 is 2.00 bits per heavy atom. The lowest BCUT2D eigenvalue weighted by molar-refractivity contribution is -0.300. The van der Waals surface area contributed by atoms with Crippen LogP contribution in [-0.2, 0) is 14.2 Å². The van der Waals surface area contributed by atoms with E-state index in [2.05, 4.69) is 20.8 Å². The molecule has 0 saturated carbocycles. The molecule has 3 heteroatoms. The SMILES string of the molecule is CCCC1OC(OC)OC(CC)CC1C. The summed E-state index contributed by atoms with van der Waals surface area (Å²) in [6.45, 7) is 6.09. The first-order chi connectivity index (χ1) is 7.21. The van der Waals surface area contributed by atoms with Gasteiger partial charge in [-0.15, -0.1) is 0 Å². The summed E-state index contributed by atoms with van der Waals surface area (Å²) >= 11 is 0. The van der Waals surface area contributed by atoms with E-state index < -0.39 is 6.48 Å². The Kier molecular flexibility index (Phi) is 5.58. The molecular formula is C12H24O3. The first kappa shape index (κ1) is 12.9. The Morgan fingerprint density at radius 3 is 2.53 bits per heavy atom. The third-order valence-corrected chi connectivity index (χ3v) is 3.08. The van der Waals surface area contributed by atoms with Crippen molar-refractivity contribution in [3.8, 4) is 0 Å². The van der Waals surface area contributed by atoms with Crippen LogP contribution in [0.3, 0.4) is 0 Å². The number of ether oxygens (including phenoxy) is 3. The maximum absolute atomic E-state index is 5.80. The van der Waals surface area contributed by atoms with Gasteiger partial charge in [0.05, 0.1) is 12.2 Å². The summed E-state index contributed by atoms with van der Waals surface area (Å²) in [6, 6.07) is 0. The summed E-state index contributed by atoms with van der Waals surface area (Å²) in [5.74, 6) is 0.551. The lowest BCUT2D eigenvalue weighted by Gasteiger charge is -2.22. The Labute approximate surface area is 93.1 Å². The molecule has 1 saturated heterocycles. The molecule has 0 aromatic heterocycles. The lowest BCUT2D eigenvalue weighted by atomic mass is 9.94. The third kappa shape index (κ3) is 3.74. The van der Waals surface area contributed by atoms with E-state index in [-0.39, 0.29) is 12.2 Å². The highest BCUT2D eigenvalue weighted by atomic mass is 16.8. The topological polar surface area (TPSA) is 27.7 Å². The van der Waals surface area contributed by atoms with Crippen LogP contribution < -0.4 is 0 Å². The first-order valence-corrected chi connectivity index (χ1v) is 6.04. The van der Waals surface area contributed by atoms with Crippen molar-refractivity contribution in [3.63, 3.8) is 0 Å². The number of hydrogen-bond acceptors (Lipinski definition) is 3. The van der Waals surface area contributed by atoms with Crippen molar-refractivity contribution >= 4 is 0 Å². The summed E-state index contributed by atoms with van der Waals surface area (Å²) < 4.78 is 16.7. The van der Waals surface area contributed by atoms with Gasteiger partial charge in [0.1, 0.15) is 0 Å². The van der Waals surface area contributed by atoms with Crippen LogP contribution in [0.4, 0.5) is 0 Å². The van der Waals surface area contributed by atoms with Crippen molar-refractivity contribution in [3.05, 3.63) is 0 Å². The van der Waals surface area contributed by atoms with E-state index in [0.29, 0.717) is 5.92 Å². The predicted octanol–water partition coefficient (Wildman–Crippen LogP) is 2.94. The number of rotatable bonds is 4. The average Bonchev–Trinajstić information content (AvgIpc) is 2.39. The molecule has 0 N–H and O–H groups in total. The zero-order valence-electron chi connectivity index (χ0n) is 10.4. The van der Waals surface area contributed by atoms with E-state index in [1.807, 2.05) is 0 Å². The van der Waals surface area contributed by atoms with Crippen molar-refractivity contribution in [2.75, 3.05) is 7.11 Å². The summed E-state index contributed by atoms with van der Waals surface area (Å²) in [5, 5.41) is 0. The highest BCUT2D eigenvalue weighted by molar-refractivity contribution is 4.73. The van der Waals surface area contributed by atoms with Crippen LogP contribution in [0, 0.1) is 5.92 Å². The summed E-state index contributed by atoms with van der Waals surface area (Å²) in [4.78, 5) is 0. The molecular weight excluding hydrogens is 192 g/mol. The van der Waals surface area contributed by atoms with Gasteiger partial charge in [0.25, 0.3) is 6.48 Å². The van der Waals surface area contributed by atoms with Gasteiger partial charge in [0.2, 0.25) is 0 Å². The van der Waals surface area contributed by atoms with Crippen LogP contribution in [-0.4, -0.2) is 25.8 Å². The fourth-order valence-corrected chi connectivity index (χ4v) is 2.10. The van der Waals surface area contributed by atoms with E-state index >= 15 is 0 Å². The fraction of sp³-hybridized carbons (Fsp3) is 1.00. The molecule has 4 unspecified atom stereocenters. The minimum absolute atomic E-state index is 0.270. The molecule has 1 fully saturated rings. The molecule has 4 atom stereocenters. The molecule has 0 aromatic carbocycles. The molecule has 0 aromatic rings. The predicted molar refractivity (Wildman–Crippen MR) is 59.5 cm³/mol. The Bertz CT molecular complexity index is 172. The second-order valence-corrected chi connectivity index (χ2v) is 4.37. The van der Waals surface area contributed by atoms with Gasteiger partial charge in [-0.2, -0.15) is 0 Å². The second-order valence-electron chi connectivity index (χ2n) is 4.37. The zero-order valence-corrected chi connectivity index (χ0v) is 10.4. The van der Waals surface area contributed by atoms with E-state index in [0.717, 1.165) is 25.7 Å². The summed E-state index contributed by atoms with van der Waals surface area (Å²) in [6.07, 6.45) is 4.86. The van der Waals surface area contributed by atoms with E-state index in [1.165, 1.54) is 0 Å². The van der Waals surface area contributed by atoms with Gasteiger partial charge in [0.15, 0.2) is 0 Å². The third-order valence-electron chi connectivity index (χ3n) is 3.08. The molecule has 1 aliphatic rings. The molecule has 0 amide bonds. The first-order valence-electron chi connectivity index (χ1n) is 6.04. The standard InChI is InChI=1S/C12H24O3/c1-5-7-11-9(3)8-10(6-2)14-12(13-4)15-11/h9-12H,5-8H2,1-4H3. The van der Waals surface area contributed by atoms with Crippen molar-refractivity contribution in [2.24, 2.45) is 5.92 Å². The molecule has 0 aliphatic carbocycles. The molecule has 0 radical (unpaired) electrons. The molecule has 15 heavy (non-hydrogen) atoms. The number of hydrogen-bond donors (Lipinski definition) is 0. The molecule has 1 heterocycles. The van der Waals surface area contributed by atoms with Crippen LogP contribution in [0.5, 0.6) is 0 Å². The molecule has 0 bridgehead atoms. The zero-order chi connectivity index (χ0) is 11.3. The van der Waals surface area contributed by atoms with Gasteiger partial charge in [-0.25, -0.2) is 0 Å². The van der Waals surface area contributed by atoms with Crippen LogP contribution in [0.15, 0.2) is 0 Å². The largest absolute Gasteiger partial charge is 0.333 e. The molecule has 0 spiro atoms. The van der Waals surface area contributed by atoms with E-state index in [9.17, 15) is 0 Å². The molecule has 90 valence electrons. The van der Waals surface area contributed by atoms with Crippen LogP contribution in [0.1, 0.15) is 46.5 Å². The Morgan fingerprint density at radius 1 is 1.27 bits per heavy atom. The van der Waals surface area contributed by atoms with E-state index in [4.69, 9.17) is 14.2 Å². The van der Waals surface area contributed by atoms with Crippen LogP contribution >= 0.6 is 0 Å². The van der Waals surface area contributed by atoms with Crippen LogP contribution in [0.25, 0.3) is 0 Å². The minimum Gasteiger partial charge on any atom is -0.333 e. The van der Waals surface area contributed by atoms with Gasteiger partial charge in [-0.3, -0.25) is 0 Å². The molecule has 1 aliphatic heterocycles. The van der Waals surface area contributed by atoms with Gasteiger partial charge in [0, 0.05) is 7.11 Å². The van der Waals surface area contributed by atoms with Crippen molar-refractivity contribution in [2.45, 2.75) is 65.1 Å². The fourth-order valence-electron chi connectivity index (χ4n) is 2.10. The van der Waals surface area contributed by atoms with E-state index in [1.54, 1.807) is 7.11 Å². The maximum Gasteiger partial charge on any atom is 0.271 e. The highest BCUT2D eigenvalue weighted by Gasteiger charge is 2.30. The number of methoxy groups -OCH3 is 1. The Hall–Kier alpha value is -0.120. The van der Waals surface area contributed by atoms with Gasteiger partial charge >= 0.3 is 0 Å². The molecule has 1 rings (SSSR count). The van der Waals surface area contributed by atoms with Gasteiger partial charge < -0.3 is 14.2 Å². The Balaban J connectivity index is 2.59. The van der Waals surface area contributed by atoms with Gasteiger partial charge in [-0.1, -0.05) is 27.2 Å². The quantitative estimate of drug-likeness (QED) is 0.723. The second kappa shape index (κ2) is 6.46. The van der Waals surface area contributed by atoms with Crippen LogP contribution in [0.2, 0.25) is 0 Å². The average molecular weight is 216 g/mol. The van der Waals surface area contributed by atoms with Crippen molar-refractivity contribution < 1.29 is 14.2 Å². The van der Waals surface area contributed by atoms with Gasteiger partial charge in [-0.05, 0) is 25.2 Å². The normalized spacial score (nSPS) is 37.6. The summed E-state index contributed by atoms with van der Waals surface area (Å²) in [7, 11) is 1.64.